The second kappa shape index (κ2) is 7.88. The first kappa shape index (κ1) is 20.6. The fourth-order valence-corrected chi connectivity index (χ4v) is 3.77. The van der Waals surface area contributed by atoms with Crippen LogP contribution >= 0.6 is 0 Å². The first-order chi connectivity index (χ1) is 14.8. The Morgan fingerprint density at radius 1 is 0.645 bits per heavy atom. The number of benzene rings is 3. The van der Waals surface area contributed by atoms with E-state index in [4.69, 9.17) is 0 Å². The van der Waals surface area contributed by atoms with Gasteiger partial charge in [0.1, 0.15) is 5.70 Å². The van der Waals surface area contributed by atoms with Crippen molar-refractivity contribution < 1.29 is 9.59 Å². The average Bonchev–Trinajstić information content (AvgIpc) is 2.97. The first-order valence-electron chi connectivity index (χ1n) is 10.4. The van der Waals surface area contributed by atoms with E-state index in [0.717, 1.165) is 39.1 Å². The highest BCUT2D eigenvalue weighted by molar-refractivity contribution is 6.46. The number of aryl methyl sites for hydroxylation is 5. The Kier molecular flexibility index (Phi) is 5.24. The number of anilines is 2. The van der Waals surface area contributed by atoms with Crippen molar-refractivity contribution in [3.05, 3.63) is 99.7 Å². The van der Waals surface area contributed by atoms with Gasteiger partial charge in [-0.1, -0.05) is 48.0 Å². The van der Waals surface area contributed by atoms with E-state index in [1.165, 1.54) is 4.90 Å². The quantitative estimate of drug-likeness (QED) is 0.568. The van der Waals surface area contributed by atoms with Crippen LogP contribution in [-0.2, 0) is 9.59 Å². The minimum Gasteiger partial charge on any atom is -0.350 e. The normalized spacial score (nSPS) is 13.9. The fourth-order valence-electron chi connectivity index (χ4n) is 3.77. The Bertz CT molecular complexity index is 1240. The molecule has 1 heterocycles. The third-order valence-electron chi connectivity index (χ3n) is 5.81. The summed E-state index contributed by atoms with van der Waals surface area (Å²) in [6.07, 6.45) is 0. The highest BCUT2D eigenvalue weighted by Crippen LogP contribution is 2.36. The molecule has 3 aromatic rings. The molecular formula is C27H26N2O2. The fraction of sp³-hybridized carbons (Fsp3) is 0.185. The van der Waals surface area contributed by atoms with Gasteiger partial charge in [0.2, 0.25) is 0 Å². The van der Waals surface area contributed by atoms with Crippen molar-refractivity contribution in [2.75, 3.05) is 10.2 Å². The van der Waals surface area contributed by atoms with Gasteiger partial charge in [-0.2, -0.15) is 0 Å². The lowest BCUT2D eigenvalue weighted by Gasteiger charge is -2.18. The number of carbonyl (C=O) groups excluding carboxylic acids is 2. The summed E-state index contributed by atoms with van der Waals surface area (Å²) in [7, 11) is 0. The zero-order chi connectivity index (χ0) is 22.3. The van der Waals surface area contributed by atoms with E-state index in [9.17, 15) is 9.59 Å². The molecule has 0 bridgehead atoms. The van der Waals surface area contributed by atoms with Crippen LogP contribution in [-0.4, -0.2) is 11.8 Å². The standard InChI is InChI=1S/C27H26N2O2/c1-16-7-12-22(13-8-16)28-25-24(21-11-10-18(3)20(5)15-21)26(30)29(27(25)31)23-14-17(2)6-9-19(23)4/h6-15,28H,1-5H3. The number of carbonyl (C=O) groups is 2. The van der Waals surface area contributed by atoms with Gasteiger partial charge in [-0.25, -0.2) is 4.90 Å². The van der Waals surface area contributed by atoms with Crippen molar-refractivity contribution >= 4 is 28.8 Å². The maximum Gasteiger partial charge on any atom is 0.282 e. The number of imide groups is 1. The predicted molar refractivity (Wildman–Crippen MR) is 126 cm³/mol. The topological polar surface area (TPSA) is 49.4 Å². The monoisotopic (exact) mass is 410 g/mol. The molecule has 0 fully saturated rings. The van der Waals surface area contributed by atoms with E-state index in [-0.39, 0.29) is 11.8 Å². The van der Waals surface area contributed by atoms with Gasteiger partial charge < -0.3 is 5.32 Å². The van der Waals surface area contributed by atoms with E-state index < -0.39 is 0 Å². The van der Waals surface area contributed by atoms with Crippen molar-refractivity contribution in [2.45, 2.75) is 34.6 Å². The molecule has 1 aliphatic rings. The predicted octanol–water partition coefficient (Wildman–Crippen LogP) is 5.63. The number of rotatable bonds is 4. The molecule has 4 nitrogen and oxygen atoms in total. The number of amides is 2. The number of hydrogen-bond donors (Lipinski definition) is 1. The number of hydrogen-bond acceptors (Lipinski definition) is 3. The van der Waals surface area contributed by atoms with Crippen LogP contribution < -0.4 is 10.2 Å². The maximum atomic E-state index is 13.6. The summed E-state index contributed by atoms with van der Waals surface area (Å²) >= 11 is 0. The first-order valence-corrected chi connectivity index (χ1v) is 10.4. The molecular weight excluding hydrogens is 384 g/mol. The van der Waals surface area contributed by atoms with Crippen LogP contribution in [0.5, 0.6) is 0 Å². The van der Waals surface area contributed by atoms with Crippen LogP contribution in [0.3, 0.4) is 0 Å². The van der Waals surface area contributed by atoms with Crippen molar-refractivity contribution in [1.82, 2.24) is 0 Å². The van der Waals surface area contributed by atoms with Crippen molar-refractivity contribution in [2.24, 2.45) is 0 Å². The Balaban J connectivity index is 1.87. The van der Waals surface area contributed by atoms with Crippen molar-refractivity contribution in [3.63, 3.8) is 0 Å². The molecule has 3 aromatic carbocycles. The summed E-state index contributed by atoms with van der Waals surface area (Å²) in [6.45, 7) is 9.92. The maximum absolute atomic E-state index is 13.6. The Labute approximate surface area is 183 Å². The highest BCUT2D eigenvalue weighted by atomic mass is 16.2. The SMILES string of the molecule is Cc1ccc(NC2=C(c3ccc(C)c(C)c3)C(=O)N(c3cc(C)ccc3C)C2=O)cc1. The second-order valence-corrected chi connectivity index (χ2v) is 8.28. The van der Waals surface area contributed by atoms with Gasteiger partial charge in [0.05, 0.1) is 11.3 Å². The van der Waals surface area contributed by atoms with Crippen LogP contribution in [0.15, 0.2) is 66.4 Å². The minimum atomic E-state index is -0.340. The van der Waals surface area contributed by atoms with Crippen LogP contribution in [0, 0.1) is 34.6 Å². The summed E-state index contributed by atoms with van der Waals surface area (Å²) in [5, 5.41) is 3.23. The molecule has 0 saturated heterocycles. The Hall–Kier alpha value is -3.66. The molecule has 0 saturated carbocycles. The van der Waals surface area contributed by atoms with E-state index >= 15 is 0 Å². The van der Waals surface area contributed by atoms with Gasteiger partial charge in [0.15, 0.2) is 0 Å². The number of nitrogens with one attached hydrogen (secondary N) is 1. The second-order valence-electron chi connectivity index (χ2n) is 8.28. The highest BCUT2D eigenvalue weighted by Gasteiger charge is 2.40. The Morgan fingerprint density at radius 2 is 1.29 bits per heavy atom. The van der Waals surface area contributed by atoms with E-state index in [1.54, 1.807) is 0 Å². The zero-order valence-electron chi connectivity index (χ0n) is 18.5. The summed E-state index contributed by atoms with van der Waals surface area (Å²) in [5.41, 5.74) is 8.04. The average molecular weight is 411 g/mol. The smallest absolute Gasteiger partial charge is 0.282 e. The lowest BCUT2D eigenvalue weighted by Crippen LogP contribution is -2.33. The van der Waals surface area contributed by atoms with Gasteiger partial charge in [0, 0.05) is 5.69 Å². The third kappa shape index (κ3) is 3.77. The summed E-state index contributed by atoms with van der Waals surface area (Å²) in [5.74, 6) is -0.649. The van der Waals surface area contributed by atoms with Crippen molar-refractivity contribution in [1.29, 1.82) is 0 Å². The van der Waals surface area contributed by atoms with E-state index in [0.29, 0.717) is 17.0 Å². The molecule has 0 unspecified atom stereocenters. The van der Waals surface area contributed by atoms with Crippen molar-refractivity contribution in [3.8, 4) is 0 Å². The van der Waals surface area contributed by atoms with Gasteiger partial charge in [-0.15, -0.1) is 0 Å². The third-order valence-corrected chi connectivity index (χ3v) is 5.81. The molecule has 31 heavy (non-hydrogen) atoms. The molecule has 4 rings (SSSR count). The van der Waals surface area contributed by atoms with Crippen LogP contribution in [0.1, 0.15) is 33.4 Å². The Morgan fingerprint density at radius 3 is 1.97 bits per heavy atom. The lowest BCUT2D eigenvalue weighted by molar-refractivity contribution is -0.120. The van der Waals surface area contributed by atoms with E-state index in [2.05, 4.69) is 5.32 Å². The van der Waals surface area contributed by atoms with Gasteiger partial charge in [-0.05, 0) is 80.6 Å². The van der Waals surface area contributed by atoms with Crippen LogP contribution in [0.25, 0.3) is 5.57 Å². The molecule has 156 valence electrons. The molecule has 0 radical (unpaired) electrons. The molecule has 0 atom stereocenters. The molecule has 0 aliphatic carbocycles. The van der Waals surface area contributed by atoms with E-state index in [1.807, 2.05) is 95.3 Å². The van der Waals surface area contributed by atoms with Crippen LogP contribution in [0.2, 0.25) is 0 Å². The van der Waals surface area contributed by atoms with Gasteiger partial charge in [-0.3, -0.25) is 9.59 Å². The molecule has 4 heteroatoms. The minimum absolute atomic E-state index is 0.304. The molecule has 0 aromatic heterocycles. The summed E-state index contributed by atoms with van der Waals surface area (Å²) in [6, 6.07) is 19.4. The van der Waals surface area contributed by atoms with Gasteiger partial charge in [0.25, 0.3) is 11.8 Å². The molecule has 0 spiro atoms. The molecule has 1 N–H and O–H groups in total. The number of nitrogens with zero attached hydrogens (tertiary/aromatic N) is 1. The lowest BCUT2D eigenvalue weighted by atomic mass is 9.99. The summed E-state index contributed by atoms with van der Waals surface area (Å²) in [4.78, 5) is 28.5. The summed E-state index contributed by atoms with van der Waals surface area (Å²) < 4.78 is 0. The zero-order valence-corrected chi connectivity index (χ0v) is 18.5. The molecule has 1 aliphatic heterocycles. The molecule has 2 amide bonds. The van der Waals surface area contributed by atoms with Crippen LogP contribution in [0.4, 0.5) is 11.4 Å². The van der Waals surface area contributed by atoms with Gasteiger partial charge >= 0.3 is 0 Å². The largest absolute Gasteiger partial charge is 0.350 e.